The summed E-state index contributed by atoms with van der Waals surface area (Å²) in [5.74, 6) is 0. The largest absolute Gasteiger partial charge is 0.278 e. The van der Waals surface area contributed by atoms with Crippen LogP contribution in [0.3, 0.4) is 0 Å². The van der Waals surface area contributed by atoms with Gasteiger partial charge in [-0.3, -0.25) is 15.5 Å². The molecule has 0 aliphatic rings. The molecule has 2 rings (SSSR count). The molecule has 0 atom stereocenters. The fraction of sp³-hybridized carbons (Fsp3) is 0. The first-order valence-electron chi connectivity index (χ1n) is 5.55. The predicted molar refractivity (Wildman–Crippen MR) is 80.8 cm³/mol. The van der Waals surface area contributed by atoms with Crippen molar-refractivity contribution in [3.63, 3.8) is 0 Å². The molecular weight excluding hydrogens is 301 g/mol. The van der Waals surface area contributed by atoms with Crippen LogP contribution in [0.4, 0.5) is 11.4 Å². The smallest absolute Gasteiger partial charge is 0.269 e. The maximum atomic E-state index is 10.5. The van der Waals surface area contributed by atoms with Gasteiger partial charge in [0.2, 0.25) is 0 Å². The van der Waals surface area contributed by atoms with Gasteiger partial charge in [0.15, 0.2) is 0 Å². The van der Waals surface area contributed by atoms with Gasteiger partial charge in [-0.05, 0) is 24.3 Å². The van der Waals surface area contributed by atoms with Crippen LogP contribution < -0.4 is 5.43 Å². The summed E-state index contributed by atoms with van der Waals surface area (Å²) < 4.78 is 0. The zero-order valence-electron chi connectivity index (χ0n) is 10.1. The second-order valence-corrected chi connectivity index (χ2v) is 4.62. The van der Waals surface area contributed by atoms with Gasteiger partial charge < -0.3 is 0 Å². The molecule has 102 valence electrons. The molecule has 0 fully saturated rings. The van der Waals surface area contributed by atoms with Crippen molar-refractivity contribution in [1.82, 2.24) is 0 Å². The van der Waals surface area contributed by atoms with E-state index in [1.54, 1.807) is 30.3 Å². The van der Waals surface area contributed by atoms with Gasteiger partial charge in [-0.2, -0.15) is 5.10 Å². The fourth-order valence-electron chi connectivity index (χ4n) is 1.46. The Kier molecular flexibility index (Phi) is 4.55. The highest BCUT2D eigenvalue weighted by atomic mass is 35.5. The number of nitro groups is 1. The molecule has 0 aliphatic carbocycles. The van der Waals surface area contributed by atoms with Gasteiger partial charge in [0.25, 0.3) is 5.69 Å². The second-order valence-electron chi connectivity index (χ2n) is 3.81. The second kappa shape index (κ2) is 6.36. The lowest BCUT2D eigenvalue weighted by Crippen LogP contribution is -1.93. The maximum Gasteiger partial charge on any atom is 0.269 e. The number of benzene rings is 2. The van der Waals surface area contributed by atoms with Crippen LogP contribution in [0.1, 0.15) is 5.56 Å². The molecule has 0 saturated carbocycles. The summed E-state index contributed by atoms with van der Waals surface area (Å²) in [4.78, 5) is 10.1. The van der Waals surface area contributed by atoms with Gasteiger partial charge in [-0.15, -0.1) is 0 Å². The molecule has 5 nitrogen and oxygen atoms in total. The van der Waals surface area contributed by atoms with Crippen LogP contribution in [0.25, 0.3) is 0 Å². The zero-order valence-corrected chi connectivity index (χ0v) is 11.6. The highest BCUT2D eigenvalue weighted by molar-refractivity contribution is 6.38. The van der Waals surface area contributed by atoms with Crippen LogP contribution >= 0.6 is 23.2 Å². The van der Waals surface area contributed by atoms with Crippen molar-refractivity contribution in [1.29, 1.82) is 0 Å². The third kappa shape index (κ3) is 3.46. The van der Waals surface area contributed by atoms with E-state index in [0.717, 1.165) is 0 Å². The molecule has 2 aromatic carbocycles. The van der Waals surface area contributed by atoms with Gasteiger partial charge in [0, 0.05) is 17.7 Å². The Labute approximate surface area is 125 Å². The summed E-state index contributed by atoms with van der Waals surface area (Å²) in [6, 6.07) is 11.1. The van der Waals surface area contributed by atoms with E-state index in [2.05, 4.69) is 10.5 Å². The Morgan fingerprint density at radius 3 is 2.25 bits per heavy atom. The van der Waals surface area contributed by atoms with Crippen molar-refractivity contribution in [2.75, 3.05) is 5.43 Å². The molecule has 7 heteroatoms. The Balaban J connectivity index is 2.08. The third-order valence-electron chi connectivity index (χ3n) is 2.47. The van der Waals surface area contributed by atoms with Crippen molar-refractivity contribution in [2.45, 2.75) is 0 Å². The van der Waals surface area contributed by atoms with E-state index < -0.39 is 4.92 Å². The molecule has 0 radical (unpaired) electrons. The topological polar surface area (TPSA) is 67.5 Å². The minimum Gasteiger partial charge on any atom is -0.278 e. The van der Waals surface area contributed by atoms with Crippen molar-refractivity contribution >= 4 is 40.8 Å². The lowest BCUT2D eigenvalue weighted by atomic mass is 10.2. The summed E-state index contributed by atoms with van der Waals surface area (Å²) in [5, 5.41) is 15.5. The minimum atomic E-state index is -0.462. The Morgan fingerprint density at radius 1 is 1.10 bits per heavy atom. The van der Waals surface area contributed by atoms with E-state index in [1.165, 1.54) is 18.3 Å². The zero-order chi connectivity index (χ0) is 14.5. The molecule has 0 unspecified atom stereocenters. The number of hydrazone groups is 1. The van der Waals surface area contributed by atoms with Gasteiger partial charge in [-0.25, -0.2) is 0 Å². The maximum absolute atomic E-state index is 10.5. The van der Waals surface area contributed by atoms with Crippen molar-refractivity contribution in [3.05, 3.63) is 68.2 Å². The molecule has 2 aromatic rings. The third-order valence-corrected chi connectivity index (χ3v) is 3.12. The molecule has 0 spiro atoms. The first-order chi connectivity index (χ1) is 9.58. The highest BCUT2D eigenvalue weighted by Gasteiger charge is 2.04. The van der Waals surface area contributed by atoms with Gasteiger partial charge >= 0.3 is 0 Å². The molecule has 0 aromatic heterocycles. The number of rotatable bonds is 4. The molecular formula is C13H9Cl2N3O2. The first-order valence-corrected chi connectivity index (χ1v) is 6.31. The minimum absolute atomic E-state index is 0.0219. The van der Waals surface area contributed by atoms with E-state index in [9.17, 15) is 10.1 Å². The monoisotopic (exact) mass is 309 g/mol. The average molecular weight is 310 g/mol. The SMILES string of the molecule is O=[N+]([O-])c1ccc(NN=Cc2c(Cl)cccc2Cl)cc1. The molecule has 0 saturated heterocycles. The summed E-state index contributed by atoms with van der Waals surface area (Å²) in [6.07, 6.45) is 1.49. The summed E-state index contributed by atoms with van der Waals surface area (Å²) in [7, 11) is 0. The molecule has 1 N–H and O–H groups in total. The van der Waals surface area contributed by atoms with E-state index >= 15 is 0 Å². The molecule has 0 heterocycles. The quantitative estimate of drug-likeness (QED) is 0.518. The summed E-state index contributed by atoms with van der Waals surface area (Å²) in [5.41, 5.74) is 3.99. The van der Waals surface area contributed by atoms with Crippen LogP contribution in [0, 0.1) is 10.1 Å². The van der Waals surface area contributed by atoms with E-state index in [1.807, 2.05) is 0 Å². The van der Waals surface area contributed by atoms with Crippen LogP contribution in [0.5, 0.6) is 0 Å². The standard InChI is InChI=1S/C13H9Cl2N3O2/c14-12-2-1-3-13(15)11(12)8-16-17-9-4-6-10(7-5-9)18(19)20/h1-8,17H. The van der Waals surface area contributed by atoms with Gasteiger partial charge in [0.1, 0.15) is 0 Å². The lowest BCUT2D eigenvalue weighted by molar-refractivity contribution is -0.384. The van der Waals surface area contributed by atoms with Crippen molar-refractivity contribution in [2.24, 2.45) is 5.10 Å². The Hall–Kier alpha value is -2.11. The number of halogens is 2. The van der Waals surface area contributed by atoms with Crippen LogP contribution in [0.15, 0.2) is 47.6 Å². The number of nitrogens with one attached hydrogen (secondary N) is 1. The molecule has 0 aliphatic heterocycles. The first kappa shape index (κ1) is 14.3. The van der Waals surface area contributed by atoms with Crippen molar-refractivity contribution in [3.8, 4) is 0 Å². The highest BCUT2D eigenvalue weighted by Crippen LogP contribution is 2.22. The lowest BCUT2D eigenvalue weighted by Gasteiger charge is -2.02. The van der Waals surface area contributed by atoms with E-state index in [-0.39, 0.29) is 5.69 Å². The Morgan fingerprint density at radius 2 is 1.70 bits per heavy atom. The number of nitrogens with zero attached hydrogens (tertiary/aromatic N) is 2. The van der Waals surface area contributed by atoms with E-state index in [0.29, 0.717) is 21.3 Å². The number of hydrogen-bond donors (Lipinski definition) is 1. The fourth-order valence-corrected chi connectivity index (χ4v) is 1.96. The van der Waals surface area contributed by atoms with Crippen LogP contribution in [-0.4, -0.2) is 11.1 Å². The Bertz CT molecular complexity index is 637. The summed E-state index contributed by atoms with van der Waals surface area (Å²) in [6.45, 7) is 0. The number of hydrogen-bond acceptors (Lipinski definition) is 4. The molecule has 0 bridgehead atoms. The van der Waals surface area contributed by atoms with Crippen LogP contribution in [-0.2, 0) is 0 Å². The number of anilines is 1. The molecule has 0 amide bonds. The van der Waals surface area contributed by atoms with Gasteiger partial charge in [0.05, 0.1) is 26.9 Å². The van der Waals surface area contributed by atoms with Crippen LogP contribution in [0.2, 0.25) is 10.0 Å². The van der Waals surface area contributed by atoms with E-state index in [4.69, 9.17) is 23.2 Å². The van der Waals surface area contributed by atoms with Crippen molar-refractivity contribution < 1.29 is 4.92 Å². The molecule has 20 heavy (non-hydrogen) atoms. The van der Waals surface area contributed by atoms with Gasteiger partial charge in [-0.1, -0.05) is 29.3 Å². The number of nitro benzene ring substituents is 1. The average Bonchev–Trinajstić information content (AvgIpc) is 2.42. The summed E-state index contributed by atoms with van der Waals surface area (Å²) >= 11 is 12.0. The predicted octanol–water partition coefficient (Wildman–Crippen LogP) is 4.35. The normalized spacial score (nSPS) is 10.7. The number of non-ortho nitro benzene ring substituents is 1.